The van der Waals surface area contributed by atoms with Crippen molar-refractivity contribution in [2.45, 2.75) is 32.6 Å². The molecule has 0 amide bonds. The zero-order valence-electron chi connectivity index (χ0n) is 14.5. The third-order valence-electron chi connectivity index (χ3n) is 4.25. The molecule has 0 aliphatic carbocycles. The van der Waals surface area contributed by atoms with Gasteiger partial charge in [0, 0.05) is 5.56 Å². The lowest BCUT2D eigenvalue weighted by Crippen LogP contribution is -2.15. The van der Waals surface area contributed by atoms with Crippen molar-refractivity contribution in [3.8, 4) is 11.5 Å². The van der Waals surface area contributed by atoms with E-state index < -0.39 is 0 Å². The fourth-order valence-corrected chi connectivity index (χ4v) is 2.30. The van der Waals surface area contributed by atoms with E-state index in [1.807, 2.05) is 36.4 Å². The minimum Gasteiger partial charge on any atom is -0.490 e. The second-order valence-corrected chi connectivity index (χ2v) is 6.24. The molecule has 0 atom stereocenters. The van der Waals surface area contributed by atoms with E-state index in [0.29, 0.717) is 19.0 Å². The molecule has 0 saturated heterocycles. The molecule has 2 rings (SSSR count). The van der Waals surface area contributed by atoms with Crippen molar-refractivity contribution in [2.75, 3.05) is 13.2 Å². The average Bonchev–Trinajstić information content (AvgIpc) is 2.60. The monoisotopic (exact) mass is 327 g/mol. The van der Waals surface area contributed by atoms with Gasteiger partial charge in [-0.2, -0.15) is 0 Å². The van der Waals surface area contributed by atoms with Crippen molar-refractivity contribution >= 4 is 6.21 Å². The van der Waals surface area contributed by atoms with Gasteiger partial charge in [-0.05, 0) is 41.7 Å². The van der Waals surface area contributed by atoms with Gasteiger partial charge in [-0.1, -0.05) is 50.2 Å². The molecule has 0 bridgehead atoms. The highest BCUT2D eigenvalue weighted by molar-refractivity contribution is 5.82. The van der Waals surface area contributed by atoms with Crippen LogP contribution in [-0.2, 0) is 5.41 Å². The SMILES string of the molecule is CCC(C)(C)c1ccc(OCCOc2ccccc2/C=N/O)cc1. The Morgan fingerprint density at radius 2 is 1.67 bits per heavy atom. The molecule has 24 heavy (non-hydrogen) atoms. The Morgan fingerprint density at radius 1 is 1.00 bits per heavy atom. The van der Waals surface area contributed by atoms with Crippen molar-refractivity contribution in [2.24, 2.45) is 5.16 Å². The van der Waals surface area contributed by atoms with Gasteiger partial charge in [-0.3, -0.25) is 0 Å². The van der Waals surface area contributed by atoms with Crippen LogP contribution in [0.1, 0.15) is 38.3 Å². The van der Waals surface area contributed by atoms with Gasteiger partial charge in [0.25, 0.3) is 0 Å². The summed E-state index contributed by atoms with van der Waals surface area (Å²) in [7, 11) is 0. The minimum atomic E-state index is 0.180. The van der Waals surface area contributed by atoms with Crippen LogP contribution in [0.15, 0.2) is 53.7 Å². The molecule has 0 aromatic heterocycles. The smallest absolute Gasteiger partial charge is 0.128 e. The van der Waals surface area contributed by atoms with E-state index in [0.717, 1.165) is 17.7 Å². The lowest BCUT2D eigenvalue weighted by molar-refractivity contribution is 0.217. The summed E-state index contributed by atoms with van der Waals surface area (Å²) in [5.41, 5.74) is 2.22. The highest BCUT2D eigenvalue weighted by Gasteiger charge is 2.17. The predicted molar refractivity (Wildman–Crippen MR) is 96.6 cm³/mol. The number of hydrogen-bond donors (Lipinski definition) is 1. The van der Waals surface area contributed by atoms with Crippen molar-refractivity contribution < 1.29 is 14.7 Å². The van der Waals surface area contributed by atoms with E-state index in [1.165, 1.54) is 11.8 Å². The number of hydrogen-bond acceptors (Lipinski definition) is 4. The number of oxime groups is 1. The summed E-state index contributed by atoms with van der Waals surface area (Å²) in [6, 6.07) is 15.6. The molecule has 0 fully saturated rings. The first-order chi connectivity index (χ1) is 11.6. The summed E-state index contributed by atoms with van der Waals surface area (Å²) in [6.07, 6.45) is 2.45. The fourth-order valence-electron chi connectivity index (χ4n) is 2.30. The lowest BCUT2D eigenvalue weighted by atomic mass is 9.82. The van der Waals surface area contributed by atoms with E-state index in [1.54, 1.807) is 0 Å². The minimum absolute atomic E-state index is 0.180. The van der Waals surface area contributed by atoms with Gasteiger partial charge in [0.1, 0.15) is 24.7 Å². The third-order valence-corrected chi connectivity index (χ3v) is 4.25. The van der Waals surface area contributed by atoms with E-state index in [9.17, 15) is 0 Å². The molecule has 0 radical (unpaired) electrons. The third kappa shape index (κ3) is 4.75. The van der Waals surface area contributed by atoms with Gasteiger partial charge < -0.3 is 14.7 Å². The average molecular weight is 327 g/mol. The Labute approximate surface area is 143 Å². The number of benzene rings is 2. The zero-order valence-corrected chi connectivity index (χ0v) is 14.5. The van der Waals surface area contributed by atoms with Gasteiger partial charge in [-0.15, -0.1) is 0 Å². The second-order valence-electron chi connectivity index (χ2n) is 6.24. The Balaban J connectivity index is 1.85. The van der Waals surface area contributed by atoms with Crippen LogP contribution < -0.4 is 9.47 Å². The topological polar surface area (TPSA) is 51.0 Å². The number of nitrogens with zero attached hydrogens (tertiary/aromatic N) is 1. The molecule has 0 unspecified atom stereocenters. The van der Waals surface area contributed by atoms with E-state index in [2.05, 4.69) is 38.1 Å². The lowest BCUT2D eigenvalue weighted by Gasteiger charge is -2.23. The summed E-state index contributed by atoms with van der Waals surface area (Å²) in [5, 5.41) is 11.7. The highest BCUT2D eigenvalue weighted by atomic mass is 16.5. The fraction of sp³-hybridized carbons (Fsp3) is 0.350. The molecule has 128 valence electrons. The molecule has 0 saturated carbocycles. The molecule has 0 spiro atoms. The maximum atomic E-state index is 8.65. The highest BCUT2D eigenvalue weighted by Crippen LogP contribution is 2.28. The van der Waals surface area contributed by atoms with Crippen molar-refractivity contribution in [3.05, 3.63) is 59.7 Å². The van der Waals surface area contributed by atoms with Gasteiger partial charge in [0.2, 0.25) is 0 Å². The first-order valence-corrected chi connectivity index (χ1v) is 8.19. The maximum Gasteiger partial charge on any atom is 0.128 e. The van der Waals surface area contributed by atoms with E-state index >= 15 is 0 Å². The van der Waals surface area contributed by atoms with Gasteiger partial charge in [0.05, 0.1) is 6.21 Å². The Morgan fingerprint density at radius 3 is 2.33 bits per heavy atom. The largest absolute Gasteiger partial charge is 0.490 e. The Bertz CT molecular complexity index is 663. The first-order valence-electron chi connectivity index (χ1n) is 8.19. The van der Waals surface area contributed by atoms with Crippen LogP contribution in [-0.4, -0.2) is 24.6 Å². The van der Waals surface area contributed by atoms with Crippen LogP contribution in [0, 0.1) is 0 Å². The summed E-state index contributed by atoms with van der Waals surface area (Å²) >= 11 is 0. The van der Waals surface area contributed by atoms with Crippen LogP contribution in [0.5, 0.6) is 11.5 Å². The standard InChI is InChI=1S/C20H25NO3/c1-4-20(2,3)17-9-11-18(12-10-17)23-13-14-24-19-8-6-5-7-16(19)15-21-22/h5-12,15,22H,4,13-14H2,1-3H3/b21-15+. The van der Waals surface area contributed by atoms with E-state index in [-0.39, 0.29) is 5.41 Å². The molecular formula is C20H25NO3. The molecule has 0 aliphatic heterocycles. The molecule has 0 aliphatic rings. The zero-order chi connectivity index (χ0) is 17.4. The Hall–Kier alpha value is -2.49. The molecular weight excluding hydrogens is 302 g/mol. The number of rotatable bonds is 8. The van der Waals surface area contributed by atoms with E-state index in [4.69, 9.17) is 14.7 Å². The number of ether oxygens (including phenoxy) is 2. The maximum absolute atomic E-state index is 8.65. The van der Waals surface area contributed by atoms with Crippen molar-refractivity contribution in [1.82, 2.24) is 0 Å². The Kier molecular flexibility index (Phi) is 6.24. The normalized spacial score (nSPS) is 11.6. The first kappa shape index (κ1) is 17.9. The van der Waals surface area contributed by atoms with Gasteiger partial charge in [0.15, 0.2) is 0 Å². The van der Waals surface area contributed by atoms with Crippen LogP contribution in [0.3, 0.4) is 0 Å². The van der Waals surface area contributed by atoms with Gasteiger partial charge >= 0.3 is 0 Å². The summed E-state index contributed by atoms with van der Waals surface area (Å²) in [5.74, 6) is 1.50. The summed E-state index contributed by atoms with van der Waals surface area (Å²) < 4.78 is 11.4. The molecule has 4 heteroatoms. The van der Waals surface area contributed by atoms with Gasteiger partial charge in [-0.25, -0.2) is 0 Å². The van der Waals surface area contributed by atoms with Crippen LogP contribution in [0.4, 0.5) is 0 Å². The van der Waals surface area contributed by atoms with Crippen molar-refractivity contribution in [1.29, 1.82) is 0 Å². The van der Waals surface area contributed by atoms with Crippen LogP contribution >= 0.6 is 0 Å². The number of para-hydroxylation sites is 1. The van der Waals surface area contributed by atoms with Crippen LogP contribution in [0.25, 0.3) is 0 Å². The quantitative estimate of drug-likeness (QED) is 0.332. The summed E-state index contributed by atoms with van der Waals surface area (Å²) in [6.45, 7) is 7.54. The molecule has 1 N–H and O–H groups in total. The predicted octanol–water partition coefficient (Wildman–Crippen LogP) is 4.64. The second kappa shape index (κ2) is 8.39. The molecule has 0 heterocycles. The molecule has 2 aromatic rings. The molecule has 4 nitrogen and oxygen atoms in total. The summed E-state index contributed by atoms with van der Waals surface area (Å²) in [4.78, 5) is 0. The van der Waals surface area contributed by atoms with Crippen molar-refractivity contribution in [3.63, 3.8) is 0 Å². The van der Waals surface area contributed by atoms with Crippen LogP contribution in [0.2, 0.25) is 0 Å². The molecule has 2 aromatic carbocycles.